The number of rotatable bonds is 4. The second-order valence-corrected chi connectivity index (χ2v) is 5.25. The van der Waals surface area contributed by atoms with Crippen molar-refractivity contribution in [3.63, 3.8) is 0 Å². The highest BCUT2D eigenvalue weighted by molar-refractivity contribution is 5.77. The van der Waals surface area contributed by atoms with Gasteiger partial charge in [-0.2, -0.15) is 0 Å². The predicted octanol–water partition coefficient (Wildman–Crippen LogP) is 2.66. The Balaban J connectivity index is 2.55. The fraction of sp³-hybridized carbons (Fsp3) is 0.500. The first kappa shape index (κ1) is 12.9. The summed E-state index contributed by atoms with van der Waals surface area (Å²) in [6.07, 6.45) is 0. The van der Waals surface area contributed by atoms with Crippen molar-refractivity contribution in [2.45, 2.75) is 39.7 Å². The number of Topliss-reactive ketones (excluding diaryl/α,β-unsaturated/α-hetero) is 1. The van der Waals surface area contributed by atoms with Crippen molar-refractivity contribution >= 4 is 5.78 Å². The van der Waals surface area contributed by atoms with Crippen LogP contribution in [0.15, 0.2) is 24.3 Å². The van der Waals surface area contributed by atoms with Crippen molar-refractivity contribution < 1.29 is 4.79 Å². The van der Waals surface area contributed by atoms with E-state index in [4.69, 9.17) is 0 Å². The zero-order valence-corrected chi connectivity index (χ0v) is 10.6. The molecule has 0 aliphatic heterocycles. The molecule has 0 unspecified atom stereocenters. The van der Waals surface area contributed by atoms with Gasteiger partial charge in [-0.15, -0.1) is 0 Å². The summed E-state index contributed by atoms with van der Waals surface area (Å²) < 4.78 is 0. The first-order valence-electron chi connectivity index (χ1n) is 5.69. The summed E-state index contributed by atoms with van der Waals surface area (Å²) in [5.74, 6) is 0.173. The molecule has 0 aliphatic carbocycles. The highest BCUT2D eigenvalue weighted by Gasteiger charge is 2.12. The number of carbonyl (C=O) groups is 1. The Morgan fingerprint density at radius 2 is 1.75 bits per heavy atom. The SMILES string of the molecule is CC(=O)CNCc1ccc(C(C)(C)C)cc1. The van der Waals surface area contributed by atoms with Crippen molar-refractivity contribution in [3.05, 3.63) is 35.4 Å². The van der Waals surface area contributed by atoms with Crippen molar-refractivity contribution in [1.29, 1.82) is 0 Å². The minimum absolute atomic E-state index is 0.173. The first-order chi connectivity index (χ1) is 7.39. The third-order valence-electron chi connectivity index (χ3n) is 2.52. The van der Waals surface area contributed by atoms with Crippen molar-refractivity contribution in [3.8, 4) is 0 Å². The molecule has 0 amide bonds. The average Bonchev–Trinajstić information content (AvgIpc) is 2.16. The molecule has 0 saturated heterocycles. The fourth-order valence-electron chi connectivity index (χ4n) is 1.51. The van der Waals surface area contributed by atoms with Crippen molar-refractivity contribution in [2.75, 3.05) is 6.54 Å². The molecule has 16 heavy (non-hydrogen) atoms. The minimum atomic E-state index is 0.173. The Morgan fingerprint density at radius 1 is 1.19 bits per heavy atom. The predicted molar refractivity (Wildman–Crippen MR) is 67.5 cm³/mol. The van der Waals surface area contributed by atoms with E-state index in [0.29, 0.717) is 6.54 Å². The van der Waals surface area contributed by atoms with E-state index in [0.717, 1.165) is 6.54 Å². The zero-order valence-electron chi connectivity index (χ0n) is 10.6. The van der Waals surface area contributed by atoms with Gasteiger partial charge in [-0.05, 0) is 23.5 Å². The minimum Gasteiger partial charge on any atom is -0.306 e. The van der Waals surface area contributed by atoms with Crippen LogP contribution >= 0.6 is 0 Å². The molecule has 2 nitrogen and oxygen atoms in total. The number of benzene rings is 1. The van der Waals surface area contributed by atoms with Gasteiger partial charge in [-0.25, -0.2) is 0 Å². The van der Waals surface area contributed by atoms with E-state index >= 15 is 0 Å². The van der Waals surface area contributed by atoms with E-state index in [1.54, 1.807) is 6.92 Å². The van der Waals surface area contributed by atoms with Crippen LogP contribution in [0.4, 0.5) is 0 Å². The molecule has 0 aliphatic rings. The van der Waals surface area contributed by atoms with Crippen LogP contribution in [-0.4, -0.2) is 12.3 Å². The van der Waals surface area contributed by atoms with E-state index in [-0.39, 0.29) is 11.2 Å². The maximum atomic E-state index is 10.8. The van der Waals surface area contributed by atoms with E-state index in [9.17, 15) is 4.79 Å². The lowest BCUT2D eigenvalue weighted by molar-refractivity contribution is -0.116. The summed E-state index contributed by atoms with van der Waals surface area (Å²) in [4.78, 5) is 10.8. The molecule has 0 heterocycles. The lowest BCUT2D eigenvalue weighted by Crippen LogP contribution is -2.20. The zero-order chi connectivity index (χ0) is 12.2. The first-order valence-corrected chi connectivity index (χ1v) is 5.69. The van der Waals surface area contributed by atoms with Gasteiger partial charge in [0.15, 0.2) is 0 Å². The molecule has 0 aromatic heterocycles. The van der Waals surface area contributed by atoms with Gasteiger partial charge in [0.1, 0.15) is 5.78 Å². The normalized spacial score (nSPS) is 11.5. The quantitative estimate of drug-likeness (QED) is 0.843. The molecule has 1 N–H and O–H groups in total. The molecule has 0 saturated carbocycles. The van der Waals surface area contributed by atoms with Gasteiger partial charge in [0.05, 0.1) is 6.54 Å². The fourth-order valence-corrected chi connectivity index (χ4v) is 1.51. The van der Waals surface area contributed by atoms with E-state index in [2.05, 4.69) is 50.4 Å². The van der Waals surface area contributed by atoms with Crippen LogP contribution in [0.1, 0.15) is 38.8 Å². The molecule has 0 radical (unpaired) electrons. The summed E-state index contributed by atoms with van der Waals surface area (Å²) in [5.41, 5.74) is 2.75. The number of carbonyl (C=O) groups excluding carboxylic acids is 1. The molecule has 0 spiro atoms. The third kappa shape index (κ3) is 4.15. The Bertz CT molecular complexity index is 346. The lowest BCUT2D eigenvalue weighted by Gasteiger charge is -2.19. The van der Waals surface area contributed by atoms with E-state index in [1.807, 2.05) is 0 Å². The lowest BCUT2D eigenvalue weighted by atomic mass is 9.87. The van der Waals surface area contributed by atoms with Gasteiger partial charge in [-0.3, -0.25) is 4.79 Å². The topological polar surface area (TPSA) is 29.1 Å². The van der Waals surface area contributed by atoms with Crippen molar-refractivity contribution in [1.82, 2.24) is 5.32 Å². The molecular formula is C14H21NO. The summed E-state index contributed by atoms with van der Waals surface area (Å²) in [7, 11) is 0. The van der Waals surface area contributed by atoms with Crippen LogP contribution in [0.5, 0.6) is 0 Å². The molecular weight excluding hydrogens is 198 g/mol. The summed E-state index contributed by atoms with van der Waals surface area (Å²) in [6, 6.07) is 8.55. The van der Waals surface area contributed by atoms with Gasteiger partial charge in [0, 0.05) is 6.54 Å². The van der Waals surface area contributed by atoms with Crippen LogP contribution in [-0.2, 0) is 16.8 Å². The van der Waals surface area contributed by atoms with Crippen LogP contribution in [0.3, 0.4) is 0 Å². The van der Waals surface area contributed by atoms with Crippen LogP contribution in [0.2, 0.25) is 0 Å². The van der Waals surface area contributed by atoms with Crippen LogP contribution in [0, 0.1) is 0 Å². The number of ketones is 1. The number of hydrogen-bond donors (Lipinski definition) is 1. The molecule has 2 heteroatoms. The van der Waals surface area contributed by atoms with Gasteiger partial charge < -0.3 is 5.32 Å². The Hall–Kier alpha value is -1.15. The summed E-state index contributed by atoms with van der Waals surface area (Å²) in [5, 5.41) is 3.11. The standard InChI is InChI=1S/C14H21NO/c1-11(16)9-15-10-12-5-7-13(8-6-12)14(2,3)4/h5-8,15H,9-10H2,1-4H3. The highest BCUT2D eigenvalue weighted by atomic mass is 16.1. The van der Waals surface area contributed by atoms with E-state index in [1.165, 1.54) is 11.1 Å². The largest absolute Gasteiger partial charge is 0.306 e. The summed E-state index contributed by atoms with van der Waals surface area (Å²) in [6.45, 7) is 9.41. The molecule has 88 valence electrons. The average molecular weight is 219 g/mol. The molecule has 0 bridgehead atoms. The van der Waals surface area contributed by atoms with Crippen LogP contribution < -0.4 is 5.32 Å². The number of nitrogens with one attached hydrogen (secondary N) is 1. The maximum Gasteiger partial charge on any atom is 0.143 e. The second-order valence-electron chi connectivity index (χ2n) is 5.25. The summed E-state index contributed by atoms with van der Waals surface area (Å²) >= 11 is 0. The molecule has 1 aromatic rings. The Labute approximate surface area is 98.1 Å². The van der Waals surface area contributed by atoms with Gasteiger partial charge in [0.25, 0.3) is 0 Å². The second kappa shape index (κ2) is 5.26. The highest BCUT2D eigenvalue weighted by Crippen LogP contribution is 2.21. The van der Waals surface area contributed by atoms with Gasteiger partial charge in [-0.1, -0.05) is 45.0 Å². The van der Waals surface area contributed by atoms with E-state index < -0.39 is 0 Å². The van der Waals surface area contributed by atoms with Crippen molar-refractivity contribution in [2.24, 2.45) is 0 Å². The maximum absolute atomic E-state index is 10.8. The van der Waals surface area contributed by atoms with Gasteiger partial charge >= 0.3 is 0 Å². The molecule has 0 atom stereocenters. The molecule has 1 aromatic carbocycles. The Kier molecular flexibility index (Phi) is 4.25. The number of hydrogen-bond acceptors (Lipinski definition) is 2. The third-order valence-corrected chi connectivity index (χ3v) is 2.52. The van der Waals surface area contributed by atoms with Gasteiger partial charge in [0.2, 0.25) is 0 Å². The molecule has 0 fully saturated rings. The Morgan fingerprint density at radius 3 is 2.19 bits per heavy atom. The van der Waals surface area contributed by atoms with Crippen LogP contribution in [0.25, 0.3) is 0 Å². The monoisotopic (exact) mass is 219 g/mol. The molecule has 1 rings (SSSR count). The smallest absolute Gasteiger partial charge is 0.143 e.